The lowest BCUT2D eigenvalue weighted by Gasteiger charge is -2.28. The van der Waals surface area contributed by atoms with Crippen molar-refractivity contribution >= 4 is 11.1 Å². The Bertz CT molecular complexity index is 1270. The average molecular weight is 376 g/mol. The van der Waals surface area contributed by atoms with Crippen LogP contribution in [0.5, 0.6) is 23.1 Å². The van der Waals surface area contributed by atoms with E-state index in [4.69, 9.17) is 9.47 Å². The van der Waals surface area contributed by atoms with E-state index in [0.717, 1.165) is 45.4 Å². The monoisotopic (exact) mass is 376 g/mol. The Labute approximate surface area is 169 Å². The van der Waals surface area contributed by atoms with Crippen molar-refractivity contribution in [3.8, 4) is 23.1 Å². The van der Waals surface area contributed by atoms with Gasteiger partial charge in [-0.05, 0) is 24.3 Å². The summed E-state index contributed by atoms with van der Waals surface area (Å²) >= 11 is 0. The van der Waals surface area contributed by atoms with Crippen molar-refractivity contribution in [3.63, 3.8) is 0 Å². The zero-order valence-corrected chi connectivity index (χ0v) is 15.9. The SMILES string of the molecule is C[n+]1cccc2c1Oc1ccccc1C2=C1c2ccccc2Oc2ccccc21. The fraction of sp³-hybridized carbons (Fsp3) is 0.0385. The quantitative estimate of drug-likeness (QED) is 0.316. The van der Waals surface area contributed by atoms with Crippen LogP contribution in [0.1, 0.15) is 22.3 Å². The minimum absolute atomic E-state index is 0.843. The number of fused-ring (bicyclic) bond motifs is 4. The van der Waals surface area contributed by atoms with E-state index in [2.05, 4.69) is 48.5 Å². The van der Waals surface area contributed by atoms with Crippen LogP contribution in [0, 0.1) is 0 Å². The van der Waals surface area contributed by atoms with Crippen LogP contribution in [0.4, 0.5) is 0 Å². The largest absolute Gasteiger partial charge is 0.456 e. The molecular weight excluding hydrogens is 358 g/mol. The molecule has 0 aliphatic carbocycles. The fourth-order valence-electron chi connectivity index (χ4n) is 4.25. The zero-order chi connectivity index (χ0) is 19.4. The van der Waals surface area contributed by atoms with Gasteiger partial charge in [0.25, 0.3) is 0 Å². The number of hydrogen-bond acceptors (Lipinski definition) is 2. The number of hydrogen-bond donors (Lipinski definition) is 0. The molecule has 0 saturated carbocycles. The second-order valence-electron chi connectivity index (χ2n) is 7.28. The third-order valence-corrected chi connectivity index (χ3v) is 5.54. The zero-order valence-electron chi connectivity index (χ0n) is 15.9. The summed E-state index contributed by atoms with van der Waals surface area (Å²) in [6, 6.07) is 28.9. The topological polar surface area (TPSA) is 22.3 Å². The van der Waals surface area contributed by atoms with Crippen molar-refractivity contribution < 1.29 is 14.0 Å². The van der Waals surface area contributed by atoms with Gasteiger partial charge in [0, 0.05) is 33.9 Å². The van der Waals surface area contributed by atoms with Gasteiger partial charge in [0.1, 0.15) is 24.3 Å². The molecule has 0 fully saturated rings. The van der Waals surface area contributed by atoms with Crippen LogP contribution in [0.15, 0.2) is 91.1 Å². The number of para-hydroxylation sites is 3. The Kier molecular flexibility index (Phi) is 3.38. The van der Waals surface area contributed by atoms with E-state index in [1.807, 2.05) is 54.2 Å². The third-order valence-electron chi connectivity index (χ3n) is 5.54. The Morgan fingerprint density at radius 3 is 1.55 bits per heavy atom. The minimum atomic E-state index is 0.843. The van der Waals surface area contributed by atoms with E-state index >= 15 is 0 Å². The van der Waals surface area contributed by atoms with Crippen molar-refractivity contribution in [1.82, 2.24) is 0 Å². The van der Waals surface area contributed by atoms with E-state index in [0.29, 0.717) is 0 Å². The van der Waals surface area contributed by atoms with Crippen LogP contribution in [-0.2, 0) is 7.05 Å². The minimum Gasteiger partial charge on any atom is -0.456 e. The normalized spacial score (nSPS) is 13.4. The third kappa shape index (κ3) is 2.34. The van der Waals surface area contributed by atoms with E-state index in [1.165, 1.54) is 11.1 Å². The maximum Gasteiger partial charge on any atom is 0.381 e. The predicted molar refractivity (Wildman–Crippen MR) is 112 cm³/mol. The number of pyridine rings is 1. The van der Waals surface area contributed by atoms with Crippen LogP contribution < -0.4 is 14.0 Å². The maximum atomic E-state index is 6.30. The van der Waals surface area contributed by atoms with Gasteiger partial charge in [-0.3, -0.25) is 0 Å². The molecule has 0 N–H and O–H groups in total. The molecule has 3 heterocycles. The molecule has 29 heavy (non-hydrogen) atoms. The molecule has 3 aromatic carbocycles. The first-order valence-corrected chi connectivity index (χ1v) is 9.68. The maximum absolute atomic E-state index is 6.30. The molecule has 2 aliphatic rings. The first-order valence-electron chi connectivity index (χ1n) is 9.68. The van der Waals surface area contributed by atoms with Crippen LogP contribution in [-0.4, -0.2) is 0 Å². The summed E-state index contributed by atoms with van der Waals surface area (Å²) in [4.78, 5) is 0. The second-order valence-corrected chi connectivity index (χ2v) is 7.28. The van der Waals surface area contributed by atoms with Crippen molar-refractivity contribution in [2.75, 3.05) is 0 Å². The smallest absolute Gasteiger partial charge is 0.381 e. The molecule has 4 aromatic rings. The molecule has 0 spiro atoms. The van der Waals surface area contributed by atoms with Gasteiger partial charge in [-0.1, -0.05) is 54.6 Å². The molecule has 0 saturated heterocycles. The van der Waals surface area contributed by atoms with E-state index in [-0.39, 0.29) is 0 Å². The van der Waals surface area contributed by atoms with Crippen molar-refractivity contribution in [3.05, 3.63) is 113 Å². The summed E-state index contributed by atoms with van der Waals surface area (Å²) < 4.78 is 14.6. The van der Waals surface area contributed by atoms with Gasteiger partial charge in [-0.25, -0.2) is 0 Å². The van der Waals surface area contributed by atoms with Gasteiger partial charge >= 0.3 is 5.88 Å². The van der Waals surface area contributed by atoms with Gasteiger partial charge < -0.3 is 9.47 Å². The standard InChI is InChI=1S/C26H18NO2/c1-27-16-8-12-20-25(19-11-4-7-15-23(19)29-26(20)27)24-17-9-2-5-13-21(17)28-22-14-6-3-10-18(22)24/h2-16H,1H3/q+1. The highest BCUT2D eigenvalue weighted by atomic mass is 16.5. The summed E-state index contributed by atoms with van der Waals surface area (Å²) in [5.74, 6) is 3.46. The number of rotatable bonds is 0. The summed E-state index contributed by atoms with van der Waals surface area (Å²) in [6.07, 6.45) is 2.01. The van der Waals surface area contributed by atoms with E-state index < -0.39 is 0 Å². The van der Waals surface area contributed by atoms with Crippen molar-refractivity contribution in [2.45, 2.75) is 0 Å². The van der Waals surface area contributed by atoms with Gasteiger partial charge in [-0.15, -0.1) is 0 Å². The molecule has 1 aromatic heterocycles. The molecule has 0 amide bonds. The highest BCUT2D eigenvalue weighted by molar-refractivity contribution is 6.09. The molecular formula is C26H18NO2+. The van der Waals surface area contributed by atoms with Crippen molar-refractivity contribution in [2.24, 2.45) is 7.05 Å². The average Bonchev–Trinajstić information content (AvgIpc) is 2.77. The van der Waals surface area contributed by atoms with Crippen LogP contribution >= 0.6 is 0 Å². The van der Waals surface area contributed by atoms with E-state index in [1.54, 1.807) is 0 Å². The van der Waals surface area contributed by atoms with Crippen LogP contribution in [0.3, 0.4) is 0 Å². The summed E-state index contributed by atoms with van der Waals surface area (Å²) in [7, 11) is 2.01. The molecule has 3 nitrogen and oxygen atoms in total. The van der Waals surface area contributed by atoms with Crippen LogP contribution in [0.2, 0.25) is 0 Å². The first-order chi connectivity index (χ1) is 14.3. The van der Waals surface area contributed by atoms with Gasteiger partial charge in [0.2, 0.25) is 0 Å². The van der Waals surface area contributed by atoms with E-state index in [9.17, 15) is 0 Å². The lowest BCUT2D eigenvalue weighted by atomic mass is 9.83. The molecule has 6 rings (SSSR count). The number of ether oxygens (including phenoxy) is 2. The molecule has 0 radical (unpaired) electrons. The highest BCUT2D eigenvalue weighted by Crippen LogP contribution is 2.52. The van der Waals surface area contributed by atoms with Gasteiger partial charge in [-0.2, -0.15) is 4.57 Å². The number of nitrogens with zero attached hydrogens (tertiary/aromatic N) is 1. The van der Waals surface area contributed by atoms with Crippen molar-refractivity contribution in [1.29, 1.82) is 0 Å². The second kappa shape index (κ2) is 6.08. The molecule has 3 heteroatoms. The molecule has 0 atom stereocenters. The lowest BCUT2D eigenvalue weighted by molar-refractivity contribution is -0.676. The summed E-state index contributed by atoms with van der Waals surface area (Å²) in [5, 5.41) is 0. The fourth-order valence-corrected chi connectivity index (χ4v) is 4.25. The number of aryl methyl sites for hydroxylation is 1. The van der Waals surface area contributed by atoms with Gasteiger partial charge in [0.05, 0.1) is 5.56 Å². The lowest BCUT2D eigenvalue weighted by Crippen LogP contribution is -2.31. The molecule has 2 aliphatic heterocycles. The Morgan fingerprint density at radius 1 is 0.517 bits per heavy atom. The Hall–Kier alpha value is -3.85. The summed E-state index contributed by atoms with van der Waals surface area (Å²) in [6.45, 7) is 0. The molecule has 0 bridgehead atoms. The summed E-state index contributed by atoms with van der Waals surface area (Å²) in [5.41, 5.74) is 6.69. The Morgan fingerprint density at radius 2 is 0.966 bits per heavy atom. The number of benzene rings is 3. The molecule has 138 valence electrons. The van der Waals surface area contributed by atoms with Crippen LogP contribution in [0.25, 0.3) is 11.1 Å². The van der Waals surface area contributed by atoms with Gasteiger partial charge in [0.15, 0.2) is 6.20 Å². The first kappa shape index (κ1) is 16.1. The molecule has 0 unspecified atom stereocenters. The predicted octanol–water partition coefficient (Wildman–Crippen LogP) is 5.73. The Balaban J connectivity index is 1.80. The number of aromatic nitrogens is 1. The highest BCUT2D eigenvalue weighted by Gasteiger charge is 2.33.